The second kappa shape index (κ2) is 5.95. The second-order valence-electron chi connectivity index (χ2n) is 4.19. The van der Waals surface area contributed by atoms with E-state index in [9.17, 15) is 9.59 Å². The summed E-state index contributed by atoms with van der Waals surface area (Å²) in [6, 6.07) is 5.02. The second-order valence-corrected chi connectivity index (χ2v) is 4.19. The first-order chi connectivity index (χ1) is 8.75. The van der Waals surface area contributed by atoms with Gasteiger partial charge in [0.05, 0.1) is 0 Å². The van der Waals surface area contributed by atoms with Crippen LogP contribution in [0.4, 0.5) is 0 Å². The molecule has 18 heavy (non-hydrogen) atoms. The average Bonchev–Trinajstić information content (AvgIpc) is 2.90. The van der Waals surface area contributed by atoms with Gasteiger partial charge in [-0.05, 0) is 30.9 Å². The molecule has 0 saturated heterocycles. The van der Waals surface area contributed by atoms with Crippen molar-refractivity contribution < 1.29 is 9.59 Å². The molecule has 1 aliphatic carbocycles. The van der Waals surface area contributed by atoms with Crippen LogP contribution in [0.15, 0.2) is 36.5 Å². The highest BCUT2D eigenvalue weighted by atomic mass is 16.2. The van der Waals surface area contributed by atoms with Crippen molar-refractivity contribution in [1.82, 2.24) is 15.8 Å². The summed E-state index contributed by atoms with van der Waals surface area (Å²) in [5, 5.41) is 0. The molecule has 2 rings (SSSR count). The van der Waals surface area contributed by atoms with Crippen LogP contribution in [0.25, 0.3) is 0 Å². The number of hydrogen-bond donors (Lipinski definition) is 2. The summed E-state index contributed by atoms with van der Waals surface area (Å²) in [6.45, 7) is 0. The molecule has 0 fully saturated rings. The molecule has 0 saturated carbocycles. The predicted molar refractivity (Wildman–Crippen MR) is 66.3 cm³/mol. The molecule has 1 heterocycles. The van der Waals surface area contributed by atoms with E-state index < -0.39 is 5.91 Å². The summed E-state index contributed by atoms with van der Waals surface area (Å²) in [4.78, 5) is 27.0. The maximum absolute atomic E-state index is 11.6. The normalized spacial score (nSPS) is 17.4. The van der Waals surface area contributed by atoms with Crippen LogP contribution in [0.1, 0.15) is 29.8 Å². The highest BCUT2D eigenvalue weighted by molar-refractivity contribution is 5.93. The Kier molecular flexibility index (Phi) is 4.06. The molecule has 1 aromatic heterocycles. The van der Waals surface area contributed by atoms with E-state index in [0.29, 0.717) is 6.42 Å². The molecule has 0 bridgehead atoms. The Morgan fingerprint density at radius 1 is 1.33 bits per heavy atom. The maximum atomic E-state index is 11.6. The quantitative estimate of drug-likeness (QED) is 0.621. The fraction of sp³-hybridized carbons (Fsp3) is 0.308. The Labute approximate surface area is 105 Å². The van der Waals surface area contributed by atoms with E-state index in [2.05, 4.69) is 21.9 Å². The molecule has 0 radical (unpaired) electrons. The third kappa shape index (κ3) is 3.41. The van der Waals surface area contributed by atoms with Gasteiger partial charge in [-0.1, -0.05) is 18.2 Å². The van der Waals surface area contributed by atoms with Crippen LogP contribution in [-0.2, 0) is 4.79 Å². The summed E-state index contributed by atoms with van der Waals surface area (Å²) in [6.07, 6.45) is 8.07. The minimum atomic E-state index is -0.411. The number of carbonyl (C=O) groups excluding carboxylic acids is 2. The van der Waals surface area contributed by atoms with E-state index in [4.69, 9.17) is 0 Å². The van der Waals surface area contributed by atoms with Gasteiger partial charge in [-0.15, -0.1) is 0 Å². The van der Waals surface area contributed by atoms with Crippen LogP contribution in [0.3, 0.4) is 0 Å². The van der Waals surface area contributed by atoms with Gasteiger partial charge in [-0.3, -0.25) is 25.4 Å². The molecule has 94 valence electrons. The molecule has 0 unspecified atom stereocenters. The SMILES string of the molecule is O=C(C[C@@H]1C=CCC1)NNC(=O)c1ccccn1. The van der Waals surface area contributed by atoms with Crippen molar-refractivity contribution in [3.8, 4) is 0 Å². The summed E-state index contributed by atoms with van der Waals surface area (Å²) >= 11 is 0. The molecule has 2 amide bonds. The highest BCUT2D eigenvalue weighted by Crippen LogP contribution is 2.19. The first-order valence-electron chi connectivity index (χ1n) is 5.92. The topological polar surface area (TPSA) is 71.1 Å². The molecule has 1 aromatic rings. The number of pyridine rings is 1. The first-order valence-corrected chi connectivity index (χ1v) is 5.92. The average molecular weight is 245 g/mol. The van der Waals surface area contributed by atoms with Crippen molar-refractivity contribution in [2.75, 3.05) is 0 Å². The van der Waals surface area contributed by atoms with Gasteiger partial charge in [0.2, 0.25) is 5.91 Å². The summed E-state index contributed by atoms with van der Waals surface area (Å²) in [5.41, 5.74) is 5.02. The lowest BCUT2D eigenvalue weighted by atomic mass is 10.1. The number of carbonyl (C=O) groups is 2. The van der Waals surface area contributed by atoms with Crippen LogP contribution in [-0.4, -0.2) is 16.8 Å². The standard InChI is InChI=1S/C13H15N3O2/c17-12(9-10-5-1-2-6-10)15-16-13(18)11-7-3-4-8-14-11/h1,3-5,7-8,10H,2,6,9H2,(H,15,17)(H,16,18)/t10-/m1/s1. The van der Waals surface area contributed by atoms with Crippen molar-refractivity contribution in [1.29, 1.82) is 0 Å². The number of amides is 2. The molecule has 0 aromatic carbocycles. The number of hydrogen-bond acceptors (Lipinski definition) is 3. The number of aromatic nitrogens is 1. The van der Waals surface area contributed by atoms with Crippen LogP contribution in [0.2, 0.25) is 0 Å². The Balaban J connectivity index is 1.75. The molecule has 0 aliphatic heterocycles. The Morgan fingerprint density at radius 3 is 2.89 bits per heavy atom. The van der Waals surface area contributed by atoms with Gasteiger partial charge < -0.3 is 0 Å². The van der Waals surface area contributed by atoms with E-state index in [1.807, 2.05) is 6.08 Å². The molecular formula is C13H15N3O2. The van der Waals surface area contributed by atoms with Crippen LogP contribution < -0.4 is 10.9 Å². The fourth-order valence-electron chi connectivity index (χ4n) is 1.84. The van der Waals surface area contributed by atoms with Gasteiger partial charge in [0.25, 0.3) is 5.91 Å². The zero-order chi connectivity index (χ0) is 12.8. The number of allylic oxidation sites excluding steroid dienone is 2. The molecule has 5 heteroatoms. The van der Waals surface area contributed by atoms with E-state index in [1.54, 1.807) is 18.2 Å². The van der Waals surface area contributed by atoms with Gasteiger partial charge in [-0.25, -0.2) is 0 Å². The van der Waals surface area contributed by atoms with Gasteiger partial charge >= 0.3 is 0 Å². The first kappa shape index (κ1) is 12.3. The minimum Gasteiger partial charge on any atom is -0.273 e. The van der Waals surface area contributed by atoms with Gasteiger partial charge in [0.15, 0.2) is 0 Å². The summed E-state index contributed by atoms with van der Waals surface area (Å²) in [7, 11) is 0. The number of nitrogens with zero attached hydrogens (tertiary/aromatic N) is 1. The van der Waals surface area contributed by atoms with Crippen molar-refractivity contribution in [2.45, 2.75) is 19.3 Å². The van der Waals surface area contributed by atoms with E-state index in [-0.39, 0.29) is 17.5 Å². The summed E-state index contributed by atoms with van der Waals surface area (Å²) < 4.78 is 0. The fourth-order valence-corrected chi connectivity index (χ4v) is 1.84. The van der Waals surface area contributed by atoms with E-state index in [1.165, 1.54) is 6.20 Å². The molecular weight excluding hydrogens is 230 g/mol. The lowest BCUT2D eigenvalue weighted by Crippen LogP contribution is -2.42. The third-order valence-corrected chi connectivity index (χ3v) is 2.77. The van der Waals surface area contributed by atoms with Crippen molar-refractivity contribution in [2.24, 2.45) is 5.92 Å². The Hall–Kier alpha value is -2.17. The largest absolute Gasteiger partial charge is 0.288 e. The van der Waals surface area contributed by atoms with Crippen molar-refractivity contribution in [3.05, 3.63) is 42.2 Å². The smallest absolute Gasteiger partial charge is 0.273 e. The van der Waals surface area contributed by atoms with Gasteiger partial charge in [0.1, 0.15) is 5.69 Å². The van der Waals surface area contributed by atoms with E-state index in [0.717, 1.165) is 12.8 Å². The zero-order valence-corrected chi connectivity index (χ0v) is 9.93. The molecule has 1 aliphatic rings. The molecule has 0 spiro atoms. The van der Waals surface area contributed by atoms with E-state index >= 15 is 0 Å². The monoisotopic (exact) mass is 245 g/mol. The lowest BCUT2D eigenvalue weighted by Gasteiger charge is -2.09. The van der Waals surface area contributed by atoms with Crippen LogP contribution in [0.5, 0.6) is 0 Å². The molecule has 1 atom stereocenters. The minimum absolute atomic E-state index is 0.184. The number of hydrazine groups is 1. The van der Waals surface area contributed by atoms with Crippen molar-refractivity contribution >= 4 is 11.8 Å². The summed E-state index contributed by atoms with van der Waals surface area (Å²) in [5.74, 6) is -0.307. The predicted octanol–water partition coefficient (Wildman–Crippen LogP) is 1.20. The van der Waals surface area contributed by atoms with Crippen LogP contribution >= 0.6 is 0 Å². The Bertz CT molecular complexity index is 457. The molecule has 5 nitrogen and oxygen atoms in total. The Morgan fingerprint density at radius 2 is 2.22 bits per heavy atom. The van der Waals surface area contributed by atoms with Gasteiger partial charge in [0, 0.05) is 12.6 Å². The number of rotatable bonds is 3. The zero-order valence-electron chi connectivity index (χ0n) is 9.93. The van der Waals surface area contributed by atoms with Crippen molar-refractivity contribution in [3.63, 3.8) is 0 Å². The highest BCUT2D eigenvalue weighted by Gasteiger charge is 2.14. The lowest BCUT2D eigenvalue weighted by molar-refractivity contribution is -0.122. The van der Waals surface area contributed by atoms with Crippen LogP contribution in [0, 0.1) is 5.92 Å². The number of nitrogens with one attached hydrogen (secondary N) is 2. The maximum Gasteiger partial charge on any atom is 0.288 e. The third-order valence-electron chi connectivity index (χ3n) is 2.77. The van der Waals surface area contributed by atoms with Gasteiger partial charge in [-0.2, -0.15) is 0 Å². The molecule has 2 N–H and O–H groups in total.